The molecule has 146 valence electrons. The van der Waals surface area contributed by atoms with Crippen LogP contribution in [0.3, 0.4) is 0 Å². The zero-order valence-electron chi connectivity index (χ0n) is 15.9. The number of ketones is 1. The molecule has 5 fully saturated rings. The molecule has 0 radical (unpaired) electrons. The number of carbonyl (C=O) groups is 1. The van der Waals surface area contributed by atoms with Crippen LogP contribution in [0.25, 0.3) is 0 Å². The Kier molecular flexibility index (Phi) is 4.04. The Labute approximate surface area is 165 Å². The summed E-state index contributed by atoms with van der Waals surface area (Å²) in [7, 11) is 0. The molecule has 4 heteroatoms. The van der Waals surface area contributed by atoms with Crippen molar-refractivity contribution in [3.05, 3.63) is 0 Å². The average Bonchev–Trinajstić information content (AvgIpc) is 3.21. The van der Waals surface area contributed by atoms with E-state index in [1.807, 2.05) is 0 Å². The van der Waals surface area contributed by atoms with Crippen LogP contribution in [0.4, 0.5) is 0 Å². The Morgan fingerprint density at radius 3 is 2.50 bits per heavy atom. The minimum atomic E-state index is -0.389. The maximum absolute atomic E-state index is 12.6. The third-order valence-electron chi connectivity index (χ3n) is 10.2. The Morgan fingerprint density at radius 1 is 1.00 bits per heavy atom. The lowest BCUT2D eigenvalue weighted by Crippen LogP contribution is -2.57. The second kappa shape index (κ2) is 5.79. The molecule has 0 saturated heterocycles. The monoisotopic (exact) mass is 424 g/mol. The lowest BCUT2D eigenvalue weighted by molar-refractivity contribution is -0.158. The summed E-state index contributed by atoms with van der Waals surface area (Å²) in [5.74, 6) is 3.54. The van der Waals surface area contributed by atoms with Crippen molar-refractivity contribution in [2.75, 3.05) is 11.9 Å². The van der Waals surface area contributed by atoms with E-state index in [0.717, 1.165) is 32.1 Å². The Balaban J connectivity index is 1.45. The highest BCUT2D eigenvalue weighted by molar-refractivity contribution is 9.09. The lowest BCUT2D eigenvalue weighted by atomic mass is 9.44. The molecule has 0 bridgehead atoms. The molecule has 5 saturated carbocycles. The number of hydrogen-bond donors (Lipinski definition) is 2. The normalized spacial score (nSPS) is 57.5. The van der Waals surface area contributed by atoms with Crippen molar-refractivity contribution in [3.8, 4) is 0 Å². The highest BCUT2D eigenvalue weighted by Gasteiger charge is 2.70. The smallest absolute Gasteiger partial charge is 0.147 e. The number of carbonyl (C=O) groups excluding carboxylic acids is 1. The molecule has 5 rings (SSSR count). The summed E-state index contributed by atoms with van der Waals surface area (Å²) in [4.78, 5) is 12.6. The number of halogens is 1. The van der Waals surface area contributed by atoms with E-state index in [1.54, 1.807) is 0 Å². The number of hydrogen-bond acceptors (Lipinski definition) is 3. The van der Waals surface area contributed by atoms with Gasteiger partial charge in [-0.1, -0.05) is 22.9 Å². The molecule has 0 amide bonds. The van der Waals surface area contributed by atoms with E-state index >= 15 is 0 Å². The third kappa shape index (κ3) is 2.16. The second-order valence-electron chi connectivity index (χ2n) is 10.6. The van der Waals surface area contributed by atoms with Crippen molar-refractivity contribution >= 4 is 21.7 Å². The van der Waals surface area contributed by atoms with Crippen LogP contribution in [0.1, 0.15) is 64.7 Å². The molecule has 9 atom stereocenters. The predicted octanol–water partition coefficient (Wildman–Crippen LogP) is 3.94. The van der Waals surface area contributed by atoms with Crippen LogP contribution < -0.4 is 0 Å². The molecule has 0 aliphatic heterocycles. The van der Waals surface area contributed by atoms with Crippen LogP contribution in [0.5, 0.6) is 0 Å². The van der Waals surface area contributed by atoms with E-state index in [2.05, 4.69) is 22.9 Å². The van der Waals surface area contributed by atoms with Gasteiger partial charge < -0.3 is 10.2 Å². The van der Waals surface area contributed by atoms with Gasteiger partial charge in [0.25, 0.3) is 0 Å². The minimum absolute atomic E-state index is 0.0508. The molecule has 9 unspecified atom stereocenters. The fraction of sp³-hybridized carbons (Fsp3) is 0.955. The van der Waals surface area contributed by atoms with Crippen LogP contribution in [0.15, 0.2) is 0 Å². The Bertz CT molecular complexity index is 623. The van der Waals surface area contributed by atoms with E-state index in [-0.39, 0.29) is 22.3 Å². The molecule has 5 aliphatic carbocycles. The van der Waals surface area contributed by atoms with Crippen LogP contribution in [0, 0.1) is 46.3 Å². The van der Waals surface area contributed by atoms with E-state index in [4.69, 9.17) is 0 Å². The van der Waals surface area contributed by atoms with Crippen molar-refractivity contribution < 1.29 is 15.0 Å². The molecule has 0 spiro atoms. The van der Waals surface area contributed by atoms with Crippen molar-refractivity contribution in [2.45, 2.75) is 70.3 Å². The van der Waals surface area contributed by atoms with Crippen molar-refractivity contribution in [1.29, 1.82) is 0 Å². The van der Waals surface area contributed by atoms with Crippen molar-refractivity contribution in [2.24, 2.45) is 46.3 Å². The highest BCUT2D eigenvalue weighted by atomic mass is 79.9. The average molecular weight is 425 g/mol. The van der Waals surface area contributed by atoms with E-state index < -0.39 is 0 Å². The number of alkyl halides is 1. The maximum atomic E-state index is 12.6. The summed E-state index contributed by atoms with van der Waals surface area (Å²) in [6.07, 6.45) is 9.88. The fourth-order valence-electron chi connectivity index (χ4n) is 8.82. The summed E-state index contributed by atoms with van der Waals surface area (Å²) >= 11 is 3.41. The van der Waals surface area contributed by atoms with E-state index in [1.165, 1.54) is 25.7 Å². The minimum Gasteiger partial charge on any atom is -0.396 e. The van der Waals surface area contributed by atoms with Crippen LogP contribution in [0.2, 0.25) is 0 Å². The molecule has 0 heterocycles. The summed E-state index contributed by atoms with van der Waals surface area (Å²) in [5.41, 5.74) is -0.167. The van der Waals surface area contributed by atoms with E-state index in [0.29, 0.717) is 47.3 Å². The molecule has 0 aromatic carbocycles. The van der Waals surface area contributed by atoms with Crippen LogP contribution >= 0.6 is 15.9 Å². The number of fused-ring (bicyclic) bond motifs is 7. The number of aliphatic hydroxyl groups is 2. The first-order valence-electron chi connectivity index (χ1n) is 10.8. The summed E-state index contributed by atoms with van der Waals surface area (Å²) < 4.78 is 0. The Morgan fingerprint density at radius 2 is 1.77 bits per heavy atom. The first-order chi connectivity index (χ1) is 12.4. The topological polar surface area (TPSA) is 57.5 Å². The van der Waals surface area contributed by atoms with Gasteiger partial charge in [-0.2, -0.15) is 0 Å². The quantitative estimate of drug-likeness (QED) is 0.674. The van der Waals surface area contributed by atoms with E-state index in [9.17, 15) is 15.0 Å². The van der Waals surface area contributed by atoms with Gasteiger partial charge in [-0.15, -0.1) is 0 Å². The maximum Gasteiger partial charge on any atom is 0.147 e. The molecule has 5 aliphatic rings. The van der Waals surface area contributed by atoms with Crippen molar-refractivity contribution in [3.63, 3.8) is 0 Å². The van der Waals surface area contributed by atoms with Crippen LogP contribution in [-0.4, -0.2) is 33.5 Å². The molecular formula is C22H33BrO3. The number of Topliss-reactive ketones (excluding diaryl/α,β-unsaturated/α-hetero) is 1. The first-order valence-corrected chi connectivity index (χ1v) is 11.9. The van der Waals surface area contributed by atoms with Gasteiger partial charge in [0, 0.05) is 12.5 Å². The first kappa shape index (κ1) is 18.1. The highest BCUT2D eigenvalue weighted by Crippen LogP contribution is 2.72. The van der Waals surface area contributed by atoms with Gasteiger partial charge in [0.2, 0.25) is 0 Å². The summed E-state index contributed by atoms with van der Waals surface area (Å²) in [6.45, 7) is 2.70. The Hall–Kier alpha value is 0.0700. The summed E-state index contributed by atoms with van der Waals surface area (Å²) in [5, 5.41) is 21.8. The molecule has 26 heavy (non-hydrogen) atoms. The standard InChI is InChI=1S/C22H33BrO3/c1-20-7-6-15-13(14(20)4-5-17(20)19(25)11-23)2-3-16-18-10-22(18,26)9-8-21(15,16)12-24/h13-18,24,26H,2-12H2,1H3. The predicted molar refractivity (Wildman–Crippen MR) is 104 cm³/mol. The van der Waals surface area contributed by atoms with Gasteiger partial charge in [0.15, 0.2) is 0 Å². The largest absolute Gasteiger partial charge is 0.396 e. The third-order valence-corrected chi connectivity index (χ3v) is 10.7. The molecule has 2 N–H and O–H groups in total. The molecule has 0 aromatic heterocycles. The van der Waals surface area contributed by atoms with Gasteiger partial charge in [-0.05, 0) is 98.2 Å². The molecule has 3 nitrogen and oxygen atoms in total. The fourth-order valence-corrected chi connectivity index (χ4v) is 9.21. The lowest BCUT2D eigenvalue weighted by Gasteiger charge is -2.61. The summed E-state index contributed by atoms with van der Waals surface area (Å²) in [6, 6.07) is 0. The number of rotatable bonds is 3. The SMILES string of the molecule is CC12CCC3C(CCC4C5CC5(O)CCC34CO)C1CCC2C(=O)CBr. The van der Waals surface area contributed by atoms with Gasteiger partial charge >= 0.3 is 0 Å². The van der Waals surface area contributed by atoms with Crippen LogP contribution in [-0.2, 0) is 4.79 Å². The number of aliphatic hydroxyl groups excluding tert-OH is 1. The van der Waals surface area contributed by atoms with Crippen molar-refractivity contribution in [1.82, 2.24) is 0 Å². The van der Waals surface area contributed by atoms with Gasteiger partial charge in [0.05, 0.1) is 10.9 Å². The van der Waals surface area contributed by atoms with Gasteiger partial charge in [-0.25, -0.2) is 0 Å². The molecule has 0 aromatic rings. The second-order valence-corrected chi connectivity index (χ2v) is 11.2. The zero-order valence-corrected chi connectivity index (χ0v) is 17.5. The van der Waals surface area contributed by atoms with Gasteiger partial charge in [-0.3, -0.25) is 4.79 Å². The molecular weight excluding hydrogens is 392 g/mol. The van der Waals surface area contributed by atoms with Gasteiger partial charge in [0.1, 0.15) is 5.78 Å². The zero-order chi connectivity index (χ0) is 18.3.